The minimum Gasteiger partial charge on any atom is -0.383 e. The van der Waals surface area contributed by atoms with Crippen LogP contribution in [0.15, 0.2) is 54.2 Å². The third-order valence-electron chi connectivity index (χ3n) is 4.79. The summed E-state index contributed by atoms with van der Waals surface area (Å²) in [4.78, 5) is 12.9. The average molecular weight is 411 g/mol. The van der Waals surface area contributed by atoms with Crippen molar-refractivity contribution in [3.63, 3.8) is 0 Å². The molecule has 0 N–H and O–H groups in total. The highest BCUT2D eigenvalue weighted by molar-refractivity contribution is 7.99. The number of benzene rings is 1. The van der Waals surface area contributed by atoms with Crippen LogP contribution >= 0.6 is 11.8 Å². The maximum Gasteiger partial charge on any atom is 0.192 e. The lowest BCUT2D eigenvalue weighted by molar-refractivity contribution is 0.102. The smallest absolute Gasteiger partial charge is 0.192 e. The summed E-state index contributed by atoms with van der Waals surface area (Å²) in [6.45, 7) is 9.77. The van der Waals surface area contributed by atoms with E-state index in [0.717, 1.165) is 34.9 Å². The van der Waals surface area contributed by atoms with Gasteiger partial charge in [0.05, 0.1) is 12.4 Å². The molecule has 0 radical (unpaired) electrons. The highest BCUT2D eigenvalue weighted by Gasteiger charge is 2.19. The van der Waals surface area contributed by atoms with Gasteiger partial charge in [-0.25, -0.2) is 0 Å². The molecule has 0 fully saturated rings. The number of rotatable bonds is 10. The summed E-state index contributed by atoms with van der Waals surface area (Å²) in [7, 11) is 1.68. The summed E-state index contributed by atoms with van der Waals surface area (Å²) in [6, 6.07) is 11.9. The van der Waals surface area contributed by atoms with Crippen molar-refractivity contribution in [1.29, 1.82) is 0 Å². The molecule has 0 saturated heterocycles. The van der Waals surface area contributed by atoms with E-state index in [1.54, 1.807) is 7.11 Å². The van der Waals surface area contributed by atoms with Crippen LogP contribution in [0.4, 0.5) is 0 Å². The number of Topliss-reactive ketones (excluding diaryl/α,β-unsaturated/α-hetero) is 1. The standard InChI is InChI=1S/C22H26N4O2S/c1-5-11-26-21(18-9-7-6-8-10-18)23-24-22(26)29-15-20(27)19-14-16(2)25(17(19)3)12-13-28-4/h5-10,14H,1,11-13,15H2,2-4H3. The second-order valence-electron chi connectivity index (χ2n) is 6.71. The molecule has 0 bridgehead atoms. The van der Waals surface area contributed by atoms with Gasteiger partial charge in [0.2, 0.25) is 0 Å². The first-order valence-corrected chi connectivity index (χ1v) is 10.5. The van der Waals surface area contributed by atoms with E-state index < -0.39 is 0 Å². The van der Waals surface area contributed by atoms with Crippen molar-refractivity contribution in [1.82, 2.24) is 19.3 Å². The molecular weight excluding hydrogens is 384 g/mol. The molecule has 0 unspecified atom stereocenters. The minimum atomic E-state index is 0.0844. The number of allylic oxidation sites excluding steroid dienone is 1. The van der Waals surface area contributed by atoms with Crippen molar-refractivity contribution in [3.8, 4) is 11.4 Å². The van der Waals surface area contributed by atoms with Crippen molar-refractivity contribution in [2.45, 2.75) is 32.1 Å². The van der Waals surface area contributed by atoms with Crippen LogP contribution in [-0.4, -0.2) is 44.6 Å². The van der Waals surface area contributed by atoms with E-state index in [1.807, 2.05) is 60.9 Å². The zero-order chi connectivity index (χ0) is 20.8. The third-order valence-corrected chi connectivity index (χ3v) is 5.75. The van der Waals surface area contributed by atoms with Crippen LogP contribution in [-0.2, 0) is 17.8 Å². The van der Waals surface area contributed by atoms with E-state index in [2.05, 4.69) is 21.3 Å². The molecule has 0 amide bonds. The lowest BCUT2D eigenvalue weighted by Gasteiger charge is -2.09. The molecule has 0 atom stereocenters. The number of thioether (sulfide) groups is 1. The second-order valence-corrected chi connectivity index (χ2v) is 7.66. The summed E-state index contributed by atoms with van der Waals surface area (Å²) in [5.74, 6) is 1.16. The molecular formula is C22H26N4O2S. The number of aryl methyl sites for hydroxylation is 1. The molecule has 152 valence electrons. The fourth-order valence-corrected chi connectivity index (χ4v) is 4.14. The predicted molar refractivity (Wildman–Crippen MR) is 116 cm³/mol. The van der Waals surface area contributed by atoms with Crippen molar-refractivity contribution in [2.75, 3.05) is 19.5 Å². The fraction of sp³-hybridized carbons (Fsp3) is 0.318. The molecule has 0 aliphatic heterocycles. The number of nitrogens with zero attached hydrogens (tertiary/aromatic N) is 4. The van der Waals surface area contributed by atoms with Crippen LogP contribution in [0.2, 0.25) is 0 Å². The summed E-state index contributed by atoms with van der Waals surface area (Å²) < 4.78 is 9.28. The van der Waals surface area contributed by atoms with E-state index in [-0.39, 0.29) is 5.78 Å². The predicted octanol–water partition coefficient (Wildman–Crippen LogP) is 4.17. The van der Waals surface area contributed by atoms with Crippen molar-refractivity contribution < 1.29 is 9.53 Å². The quantitative estimate of drug-likeness (QED) is 0.285. The molecule has 7 heteroatoms. The van der Waals surface area contributed by atoms with Gasteiger partial charge in [-0.2, -0.15) is 0 Å². The van der Waals surface area contributed by atoms with Crippen LogP contribution in [0.5, 0.6) is 0 Å². The van der Waals surface area contributed by atoms with Gasteiger partial charge < -0.3 is 9.30 Å². The highest BCUT2D eigenvalue weighted by Crippen LogP contribution is 2.25. The van der Waals surface area contributed by atoms with E-state index in [0.29, 0.717) is 24.1 Å². The Morgan fingerprint density at radius 3 is 2.66 bits per heavy atom. The molecule has 0 aliphatic rings. The molecule has 0 saturated carbocycles. The number of hydrogen-bond donors (Lipinski definition) is 0. The number of ketones is 1. The summed E-state index contributed by atoms with van der Waals surface area (Å²) in [5.41, 5.74) is 3.78. The lowest BCUT2D eigenvalue weighted by Crippen LogP contribution is -2.10. The van der Waals surface area contributed by atoms with Gasteiger partial charge in [-0.05, 0) is 19.9 Å². The molecule has 0 aliphatic carbocycles. The van der Waals surface area contributed by atoms with Gasteiger partial charge in [0.15, 0.2) is 16.8 Å². The minimum absolute atomic E-state index is 0.0844. The monoisotopic (exact) mass is 410 g/mol. The Morgan fingerprint density at radius 1 is 1.21 bits per heavy atom. The van der Waals surface area contributed by atoms with Crippen LogP contribution in [0.25, 0.3) is 11.4 Å². The van der Waals surface area contributed by atoms with Crippen molar-refractivity contribution >= 4 is 17.5 Å². The normalized spacial score (nSPS) is 11.0. The lowest BCUT2D eigenvalue weighted by atomic mass is 10.2. The Bertz CT molecular complexity index is 992. The topological polar surface area (TPSA) is 61.9 Å². The van der Waals surface area contributed by atoms with Gasteiger partial charge in [-0.15, -0.1) is 16.8 Å². The van der Waals surface area contributed by atoms with Crippen molar-refractivity contribution in [2.24, 2.45) is 0 Å². The van der Waals surface area contributed by atoms with E-state index in [4.69, 9.17) is 4.74 Å². The Balaban J connectivity index is 1.77. The maximum atomic E-state index is 12.9. The molecule has 1 aromatic carbocycles. The zero-order valence-electron chi connectivity index (χ0n) is 17.1. The number of carbonyl (C=O) groups excluding carboxylic acids is 1. The van der Waals surface area contributed by atoms with Gasteiger partial charge in [-0.3, -0.25) is 9.36 Å². The summed E-state index contributed by atoms with van der Waals surface area (Å²) in [5, 5.41) is 9.37. The number of hydrogen-bond acceptors (Lipinski definition) is 5. The number of methoxy groups -OCH3 is 1. The van der Waals surface area contributed by atoms with Gasteiger partial charge >= 0.3 is 0 Å². The molecule has 3 aromatic rings. The molecule has 3 rings (SSSR count). The van der Waals surface area contributed by atoms with Gasteiger partial charge in [0.1, 0.15) is 0 Å². The Kier molecular flexibility index (Phi) is 7.06. The van der Waals surface area contributed by atoms with Crippen LogP contribution in [0.1, 0.15) is 21.7 Å². The second kappa shape index (κ2) is 9.71. The Hall–Kier alpha value is -2.64. The van der Waals surface area contributed by atoms with E-state index in [1.165, 1.54) is 11.8 Å². The highest BCUT2D eigenvalue weighted by atomic mass is 32.2. The first-order valence-electron chi connectivity index (χ1n) is 9.48. The summed E-state index contributed by atoms with van der Waals surface area (Å²) >= 11 is 1.41. The molecule has 0 spiro atoms. The van der Waals surface area contributed by atoms with Gasteiger partial charge in [-0.1, -0.05) is 48.2 Å². The number of ether oxygens (including phenoxy) is 1. The van der Waals surface area contributed by atoms with Gasteiger partial charge in [0, 0.05) is 42.7 Å². The largest absolute Gasteiger partial charge is 0.383 e. The first kappa shape index (κ1) is 21.1. The Morgan fingerprint density at radius 2 is 1.97 bits per heavy atom. The molecule has 29 heavy (non-hydrogen) atoms. The molecule has 2 heterocycles. The fourth-order valence-electron chi connectivity index (χ4n) is 3.31. The molecule has 2 aromatic heterocycles. The summed E-state index contributed by atoms with van der Waals surface area (Å²) in [6.07, 6.45) is 1.81. The van der Waals surface area contributed by atoms with Crippen molar-refractivity contribution in [3.05, 3.63) is 66.0 Å². The van der Waals surface area contributed by atoms with E-state index in [9.17, 15) is 4.79 Å². The first-order chi connectivity index (χ1) is 14.1. The zero-order valence-corrected chi connectivity index (χ0v) is 17.9. The SMILES string of the molecule is C=CCn1c(SCC(=O)c2cc(C)n(CCOC)c2C)nnc1-c1ccccc1. The van der Waals surface area contributed by atoms with Gasteiger partial charge in [0.25, 0.3) is 0 Å². The van der Waals surface area contributed by atoms with Crippen LogP contribution in [0.3, 0.4) is 0 Å². The maximum absolute atomic E-state index is 12.9. The van der Waals surface area contributed by atoms with Crippen LogP contribution in [0, 0.1) is 13.8 Å². The Labute approximate surface area is 175 Å². The van der Waals surface area contributed by atoms with Crippen LogP contribution < -0.4 is 0 Å². The molecule has 6 nitrogen and oxygen atoms in total. The number of aromatic nitrogens is 4. The third kappa shape index (κ3) is 4.68. The number of carbonyl (C=O) groups is 1. The average Bonchev–Trinajstić information content (AvgIpc) is 3.26. The van der Waals surface area contributed by atoms with E-state index >= 15 is 0 Å².